The maximum Gasteiger partial charge on any atom is 0.433 e. The average Bonchev–Trinajstić information content (AvgIpc) is 1.80. The van der Waals surface area contributed by atoms with Crippen LogP contribution < -0.4 is 0 Å². The van der Waals surface area contributed by atoms with Crippen LogP contribution in [0.2, 0.25) is 0 Å². The summed E-state index contributed by atoms with van der Waals surface area (Å²) in [5.41, 5.74) is 0.292. The van der Waals surface area contributed by atoms with Gasteiger partial charge in [0.1, 0.15) is 0 Å². The minimum absolute atomic E-state index is 0.292. The van der Waals surface area contributed by atoms with Gasteiger partial charge < -0.3 is 4.65 Å². The lowest BCUT2D eigenvalue weighted by Crippen LogP contribution is -2.20. The van der Waals surface area contributed by atoms with E-state index in [4.69, 9.17) is 4.65 Å². The van der Waals surface area contributed by atoms with Gasteiger partial charge in [-0.3, -0.25) is 0 Å². The van der Waals surface area contributed by atoms with E-state index in [0.717, 1.165) is 0 Å². The van der Waals surface area contributed by atoms with E-state index in [0.29, 0.717) is 22.1 Å². The summed E-state index contributed by atoms with van der Waals surface area (Å²) >= 11 is 3.79. The Balaban J connectivity index is 3.87. The van der Waals surface area contributed by atoms with Crippen LogP contribution in [0.25, 0.3) is 0 Å². The molecular weight excluding hydrogens is 199 g/mol. The first-order valence-electron chi connectivity index (χ1n) is 4.88. The van der Waals surface area contributed by atoms with Gasteiger partial charge in [0, 0.05) is 6.10 Å². The predicted molar refractivity (Wildman–Crippen MR) is 67.4 cm³/mol. The molecule has 0 rings (SSSR count). The molecule has 0 amide bonds. The van der Waals surface area contributed by atoms with Gasteiger partial charge in [-0.25, -0.2) is 0 Å². The molecule has 0 aliphatic rings. The highest BCUT2D eigenvalue weighted by atomic mass is 32.2. The van der Waals surface area contributed by atoms with Crippen molar-refractivity contribution in [2.75, 3.05) is 0 Å². The molecular formula is C9H21BOS2. The molecule has 78 valence electrons. The Morgan fingerprint density at radius 3 is 1.46 bits per heavy atom. The fraction of sp³-hybridized carbons (Fsp3) is 1.00. The van der Waals surface area contributed by atoms with Crippen molar-refractivity contribution in [3.8, 4) is 0 Å². The molecule has 0 fully saturated rings. The molecule has 0 saturated heterocycles. The van der Waals surface area contributed by atoms with Gasteiger partial charge >= 0.3 is 5.47 Å². The molecule has 0 saturated carbocycles. The van der Waals surface area contributed by atoms with Gasteiger partial charge in [-0.1, -0.05) is 27.7 Å². The highest BCUT2D eigenvalue weighted by molar-refractivity contribution is 8.53. The predicted octanol–water partition coefficient (Wildman–Crippen LogP) is 3.68. The molecule has 0 unspecified atom stereocenters. The molecule has 4 heteroatoms. The summed E-state index contributed by atoms with van der Waals surface area (Å²) in [6, 6.07) is 0. The second kappa shape index (κ2) is 7.07. The normalized spacial score (nSPS) is 11.8. The van der Waals surface area contributed by atoms with Crippen LogP contribution in [0.1, 0.15) is 41.5 Å². The first-order valence-corrected chi connectivity index (χ1v) is 6.76. The van der Waals surface area contributed by atoms with E-state index in [1.807, 2.05) is 23.2 Å². The topological polar surface area (TPSA) is 9.23 Å². The molecule has 13 heavy (non-hydrogen) atoms. The van der Waals surface area contributed by atoms with Crippen molar-refractivity contribution in [3.05, 3.63) is 0 Å². The summed E-state index contributed by atoms with van der Waals surface area (Å²) in [6.45, 7) is 13.0. The quantitative estimate of drug-likeness (QED) is 0.632. The lowest BCUT2D eigenvalue weighted by atomic mass is 10.4. The highest BCUT2D eigenvalue weighted by Crippen LogP contribution is 2.28. The molecule has 0 aromatic carbocycles. The molecule has 0 heterocycles. The van der Waals surface area contributed by atoms with Gasteiger partial charge in [0.2, 0.25) is 0 Å². The van der Waals surface area contributed by atoms with Crippen molar-refractivity contribution in [3.63, 3.8) is 0 Å². The second-order valence-corrected chi connectivity index (χ2v) is 7.43. The van der Waals surface area contributed by atoms with Gasteiger partial charge in [-0.15, -0.1) is 0 Å². The highest BCUT2D eigenvalue weighted by Gasteiger charge is 2.22. The molecule has 0 aliphatic carbocycles. The van der Waals surface area contributed by atoms with Gasteiger partial charge in [-0.2, -0.15) is 23.2 Å². The van der Waals surface area contributed by atoms with Crippen molar-refractivity contribution in [1.29, 1.82) is 0 Å². The van der Waals surface area contributed by atoms with Gasteiger partial charge in [0.25, 0.3) is 0 Å². The molecule has 0 aromatic rings. The summed E-state index contributed by atoms with van der Waals surface area (Å²) in [4.78, 5) is 0. The third-order valence-corrected chi connectivity index (χ3v) is 3.57. The van der Waals surface area contributed by atoms with Crippen LogP contribution in [0, 0.1) is 0 Å². The number of rotatable bonds is 6. The molecule has 0 bridgehead atoms. The van der Waals surface area contributed by atoms with Crippen molar-refractivity contribution in [2.24, 2.45) is 0 Å². The minimum Gasteiger partial charge on any atom is -0.415 e. The van der Waals surface area contributed by atoms with Gasteiger partial charge in [0.15, 0.2) is 0 Å². The first kappa shape index (κ1) is 13.7. The molecule has 1 nitrogen and oxygen atoms in total. The van der Waals surface area contributed by atoms with Crippen LogP contribution in [0.4, 0.5) is 0 Å². The van der Waals surface area contributed by atoms with Crippen molar-refractivity contribution >= 4 is 28.7 Å². The maximum absolute atomic E-state index is 5.80. The Kier molecular flexibility index (Phi) is 7.47. The number of hydrogen-bond donors (Lipinski definition) is 0. The number of hydrogen-bond acceptors (Lipinski definition) is 3. The fourth-order valence-corrected chi connectivity index (χ4v) is 3.81. The Morgan fingerprint density at radius 2 is 1.23 bits per heavy atom. The Morgan fingerprint density at radius 1 is 0.846 bits per heavy atom. The Bertz CT molecular complexity index is 105. The van der Waals surface area contributed by atoms with Crippen LogP contribution >= 0.6 is 23.2 Å². The minimum atomic E-state index is 0.292. The average molecular weight is 220 g/mol. The summed E-state index contributed by atoms with van der Waals surface area (Å²) < 4.78 is 5.80. The van der Waals surface area contributed by atoms with Crippen molar-refractivity contribution in [1.82, 2.24) is 0 Å². The Labute approximate surface area is 91.7 Å². The van der Waals surface area contributed by atoms with Crippen LogP contribution in [0.15, 0.2) is 0 Å². The van der Waals surface area contributed by atoms with E-state index in [-0.39, 0.29) is 0 Å². The molecule has 0 spiro atoms. The lowest BCUT2D eigenvalue weighted by molar-refractivity contribution is 0.260. The van der Waals surface area contributed by atoms with Crippen LogP contribution in [-0.2, 0) is 4.65 Å². The molecule has 0 aliphatic heterocycles. The summed E-state index contributed by atoms with van der Waals surface area (Å²) in [7, 11) is 0. The largest absolute Gasteiger partial charge is 0.433 e. The lowest BCUT2D eigenvalue weighted by Gasteiger charge is -2.19. The van der Waals surface area contributed by atoms with E-state index in [2.05, 4.69) is 41.5 Å². The molecule has 0 radical (unpaired) electrons. The Hall–Kier alpha value is 0.725. The van der Waals surface area contributed by atoms with E-state index in [1.165, 1.54) is 0 Å². The zero-order chi connectivity index (χ0) is 10.4. The maximum atomic E-state index is 5.80. The third kappa shape index (κ3) is 9.04. The SMILES string of the molecule is CC(C)OB(SC(C)C)SC(C)C. The molecule has 0 atom stereocenters. The first-order chi connectivity index (χ1) is 5.91. The second-order valence-electron chi connectivity index (χ2n) is 3.84. The van der Waals surface area contributed by atoms with Crippen LogP contribution in [-0.4, -0.2) is 22.1 Å². The fourth-order valence-electron chi connectivity index (χ4n) is 0.763. The third-order valence-electron chi connectivity index (χ3n) is 1.15. The van der Waals surface area contributed by atoms with Gasteiger partial charge in [-0.05, 0) is 24.3 Å². The van der Waals surface area contributed by atoms with E-state index in [1.54, 1.807) is 0 Å². The van der Waals surface area contributed by atoms with E-state index in [9.17, 15) is 0 Å². The summed E-state index contributed by atoms with van der Waals surface area (Å²) in [5.74, 6) is 0. The van der Waals surface area contributed by atoms with Crippen LogP contribution in [0.5, 0.6) is 0 Å². The zero-order valence-corrected chi connectivity index (χ0v) is 11.2. The summed E-state index contributed by atoms with van der Waals surface area (Å²) in [5, 5.41) is 1.27. The zero-order valence-electron chi connectivity index (χ0n) is 9.53. The van der Waals surface area contributed by atoms with E-state index < -0.39 is 0 Å². The van der Waals surface area contributed by atoms with E-state index >= 15 is 0 Å². The van der Waals surface area contributed by atoms with Crippen molar-refractivity contribution in [2.45, 2.75) is 58.1 Å². The summed E-state index contributed by atoms with van der Waals surface area (Å²) in [6.07, 6.45) is 0.322. The standard InChI is InChI=1S/C9H21BOS2/c1-7(2)11-10(12-8(3)4)13-9(5)6/h7-9H,1-6H3. The molecule has 0 aromatic heterocycles. The molecule has 0 N–H and O–H groups in total. The van der Waals surface area contributed by atoms with Crippen LogP contribution in [0.3, 0.4) is 0 Å². The van der Waals surface area contributed by atoms with Crippen molar-refractivity contribution < 1.29 is 4.65 Å². The van der Waals surface area contributed by atoms with Gasteiger partial charge in [0.05, 0.1) is 0 Å². The monoisotopic (exact) mass is 220 g/mol. The smallest absolute Gasteiger partial charge is 0.415 e.